The summed E-state index contributed by atoms with van der Waals surface area (Å²) in [5.41, 5.74) is 0.368. The van der Waals surface area contributed by atoms with E-state index in [1.54, 1.807) is 12.1 Å². The number of hydrogen-bond acceptors (Lipinski definition) is 3. The van der Waals surface area contributed by atoms with Crippen LogP contribution in [0.3, 0.4) is 0 Å². The highest BCUT2D eigenvalue weighted by Crippen LogP contribution is 2.22. The number of nitrogens with zero attached hydrogens (tertiary/aromatic N) is 1. The first-order chi connectivity index (χ1) is 7.69. The molecule has 0 saturated carbocycles. The lowest BCUT2D eigenvalue weighted by Gasteiger charge is -2.08. The van der Waals surface area contributed by atoms with Gasteiger partial charge in [-0.05, 0) is 18.2 Å². The van der Waals surface area contributed by atoms with Crippen LogP contribution in [0, 0.1) is 11.3 Å². The SMILES string of the molecule is COc1ccc(Cl)cc1C(=O)NCCC#N. The van der Waals surface area contributed by atoms with E-state index in [0.717, 1.165) is 0 Å². The van der Waals surface area contributed by atoms with Gasteiger partial charge >= 0.3 is 0 Å². The Labute approximate surface area is 98.8 Å². The van der Waals surface area contributed by atoms with Crippen molar-refractivity contribution in [3.63, 3.8) is 0 Å². The van der Waals surface area contributed by atoms with E-state index in [0.29, 0.717) is 22.9 Å². The Bertz CT molecular complexity index is 426. The van der Waals surface area contributed by atoms with Gasteiger partial charge in [-0.3, -0.25) is 4.79 Å². The van der Waals surface area contributed by atoms with E-state index in [1.807, 2.05) is 6.07 Å². The predicted molar refractivity (Wildman–Crippen MR) is 60.6 cm³/mol. The van der Waals surface area contributed by atoms with Gasteiger partial charge in [-0.15, -0.1) is 0 Å². The van der Waals surface area contributed by atoms with Crippen molar-refractivity contribution in [3.05, 3.63) is 28.8 Å². The molecule has 0 atom stereocenters. The summed E-state index contributed by atoms with van der Waals surface area (Å²) in [4.78, 5) is 11.7. The van der Waals surface area contributed by atoms with E-state index in [2.05, 4.69) is 5.32 Å². The minimum atomic E-state index is -0.297. The van der Waals surface area contributed by atoms with Crippen molar-refractivity contribution in [3.8, 4) is 11.8 Å². The molecule has 5 heteroatoms. The number of carbonyl (C=O) groups excluding carboxylic acids is 1. The standard InChI is InChI=1S/C11H11ClN2O2/c1-16-10-4-3-8(12)7-9(10)11(15)14-6-2-5-13/h3-4,7H,2,6H2,1H3,(H,14,15). The number of methoxy groups -OCH3 is 1. The van der Waals surface area contributed by atoms with E-state index in [-0.39, 0.29) is 12.3 Å². The molecule has 0 radical (unpaired) electrons. The average molecular weight is 239 g/mol. The van der Waals surface area contributed by atoms with Gasteiger partial charge in [0.15, 0.2) is 0 Å². The minimum absolute atomic E-state index is 0.272. The zero-order valence-electron chi connectivity index (χ0n) is 8.79. The molecule has 0 aromatic heterocycles. The van der Waals surface area contributed by atoms with Crippen LogP contribution in [0.4, 0.5) is 0 Å². The lowest BCUT2D eigenvalue weighted by molar-refractivity contribution is 0.0951. The smallest absolute Gasteiger partial charge is 0.255 e. The lowest BCUT2D eigenvalue weighted by Crippen LogP contribution is -2.24. The van der Waals surface area contributed by atoms with E-state index in [4.69, 9.17) is 21.6 Å². The van der Waals surface area contributed by atoms with Gasteiger partial charge in [0.25, 0.3) is 5.91 Å². The molecule has 1 N–H and O–H groups in total. The van der Waals surface area contributed by atoms with Crippen molar-refractivity contribution in [1.29, 1.82) is 5.26 Å². The van der Waals surface area contributed by atoms with Crippen LogP contribution < -0.4 is 10.1 Å². The van der Waals surface area contributed by atoms with Gasteiger partial charge in [-0.1, -0.05) is 11.6 Å². The highest BCUT2D eigenvalue weighted by atomic mass is 35.5. The fourth-order valence-electron chi connectivity index (χ4n) is 1.18. The van der Waals surface area contributed by atoms with Crippen LogP contribution in [0.25, 0.3) is 0 Å². The van der Waals surface area contributed by atoms with Gasteiger partial charge in [0.1, 0.15) is 5.75 Å². The second-order valence-electron chi connectivity index (χ2n) is 3.01. The maximum absolute atomic E-state index is 11.7. The van der Waals surface area contributed by atoms with Crippen molar-refractivity contribution in [1.82, 2.24) is 5.32 Å². The first kappa shape index (κ1) is 12.3. The molecule has 1 aromatic carbocycles. The third-order valence-electron chi connectivity index (χ3n) is 1.93. The number of hydrogen-bond donors (Lipinski definition) is 1. The Balaban J connectivity index is 2.81. The summed E-state index contributed by atoms with van der Waals surface area (Å²) >= 11 is 5.79. The zero-order valence-corrected chi connectivity index (χ0v) is 9.54. The summed E-state index contributed by atoms with van der Waals surface area (Å²) in [7, 11) is 1.48. The number of benzene rings is 1. The fourth-order valence-corrected chi connectivity index (χ4v) is 1.36. The summed E-state index contributed by atoms with van der Waals surface area (Å²) in [6.45, 7) is 0.311. The Hall–Kier alpha value is -1.73. The maximum atomic E-state index is 11.7. The molecule has 4 nitrogen and oxygen atoms in total. The number of nitrogens with one attached hydrogen (secondary N) is 1. The molecule has 0 spiro atoms. The van der Waals surface area contributed by atoms with Crippen LogP contribution in [0.15, 0.2) is 18.2 Å². The van der Waals surface area contributed by atoms with Crippen LogP contribution in [0.5, 0.6) is 5.75 Å². The number of nitriles is 1. The minimum Gasteiger partial charge on any atom is -0.496 e. The largest absolute Gasteiger partial charge is 0.496 e. The van der Waals surface area contributed by atoms with E-state index >= 15 is 0 Å². The zero-order chi connectivity index (χ0) is 12.0. The Morgan fingerprint density at radius 1 is 1.62 bits per heavy atom. The van der Waals surface area contributed by atoms with Crippen LogP contribution in [0.1, 0.15) is 16.8 Å². The number of amides is 1. The van der Waals surface area contributed by atoms with Gasteiger partial charge < -0.3 is 10.1 Å². The van der Waals surface area contributed by atoms with Gasteiger partial charge in [-0.25, -0.2) is 0 Å². The van der Waals surface area contributed by atoms with E-state index in [9.17, 15) is 4.79 Å². The normalized spacial score (nSPS) is 9.31. The first-order valence-electron chi connectivity index (χ1n) is 4.67. The highest BCUT2D eigenvalue weighted by molar-refractivity contribution is 6.31. The van der Waals surface area contributed by atoms with Crippen molar-refractivity contribution in [2.24, 2.45) is 0 Å². The molecule has 0 aliphatic carbocycles. The lowest BCUT2D eigenvalue weighted by atomic mass is 10.2. The maximum Gasteiger partial charge on any atom is 0.255 e. The van der Waals surface area contributed by atoms with Gasteiger partial charge in [-0.2, -0.15) is 5.26 Å². The van der Waals surface area contributed by atoms with Crippen LogP contribution >= 0.6 is 11.6 Å². The summed E-state index contributed by atoms with van der Waals surface area (Å²) in [6.07, 6.45) is 0.272. The summed E-state index contributed by atoms with van der Waals surface area (Å²) in [5.74, 6) is 0.161. The van der Waals surface area contributed by atoms with E-state index < -0.39 is 0 Å². The number of halogens is 1. The predicted octanol–water partition coefficient (Wildman–Crippen LogP) is 1.99. The molecule has 1 amide bonds. The molecule has 0 aliphatic rings. The van der Waals surface area contributed by atoms with Crippen LogP contribution in [-0.4, -0.2) is 19.6 Å². The third kappa shape index (κ3) is 3.14. The Morgan fingerprint density at radius 2 is 2.38 bits per heavy atom. The van der Waals surface area contributed by atoms with Gasteiger partial charge in [0.2, 0.25) is 0 Å². The molecule has 0 fully saturated rings. The Morgan fingerprint density at radius 3 is 3.00 bits per heavy atom. The van der Waals surface area contributed by atoms with Crippen molar-refractivity contribution < 1.29 is 9.53 Å². The third-order valence-corrected chi connectivity index (χ3v) is 2.16. The van der Waals surface area contributed by atoms with Crippen molar-refractivity contribution in [2.75, 3.05) is 13.7 Å². The molecular formula is C11H11ClN2O2. The summed E-state index contributed by atoms with van der Waals surface area (Å²) < 4.78 is 5.04. The quantitative estimate of drug-likeness (QED) is 0.816. The molecule has 1 rings (SSSR count). The molecule has 16 heavy (non-hydrogen) atoms. The van der Waals surface area contributed by atoms with Crippen LogP contribution in [0.2, 0.25) is 5.02 Å². The Kier molecular flexibility index (Phi) is 4.62. The van der Waals surface area contributed by atoms with Gasteiger partial charge in [0.05, 0.1) is 25.2 Å². The molecule has 1 aromatic rings. The fraction of sp³-hybridized carbons (Fsp3) is 0.273. The van der Waals surface area contributed by atoms with Crippen LogP contribution in [-0.2, 0) is 0 Å². The number of carbonyl (C=O) groups is 1. The number of ether oxygens (including phenoxy) is 1. The molecule has 0 unspecified atom stereocenters. The van der Waals surface area contributed by atoms with Crippen molar-refractivity contribution >= 4 is 17.5 Å². The monoisotopic (exact) mass is 238 g/mol. The second kappa shape index (κ2) is 5.99. The molecular weight excluding hydrogens is 228 g/mol. The number of rotatable bonds is 4. The second-order valence-corrected chi connectivity index (χ2v) is 3.45. The first-order valence-corrected chi connectivity index (χ1v) is 5.05. The van der Waals surface area contributed by atoms with E-state index in [1.165, 1.54) is 13.2 Å². The van der Waals surface area contributed by atoms with Crippen molar-refractivity contribution in [2.45, 2.75) is 6.42 Å². The molecule has 0 heterocycles. The molecule has 0 bridgehead atoms. The van der Waals surface area contributed by atoms with Gasteiger partial charge in [0, 0.05) is 11.6 Å². The average Bonchev–Trinajstić information content (AvgIpc) is 2.29. The molecule has 0 aliphatic heterocycles. The summed E-state index contributed by atoms with van der Waals surface area (Å²) in [6, 6.07) is 6.74. The summed E-state index contributed by atoms with van der Waals surface area (Å²) in [5, 5.41) is 11.4. The highest BCUT2D eigenvalue weighted by Gasteiger charge is 2.11. The molecule has 84 valence electrons. The topological polar surface area (TPSA) is 62.1 Å². The molecule has 0 saturated heterocycles.